The van der Waals surface area contributed by atoms with Crippen LogP contribution in [0.1, 0.15) is 17.3 Å². The molecular weight excluding hydrogens is 319 g/mol. The lowest BCUT2D eigenvalue weighted by Crippen LogP contribution is -2.11. The molecule has 0 aliphatic rings. The summed E-state index contributed by atoms with van der Waals surface area (Å²) in [5.74, 6) is -1.18. The molecule has 0 atom stereocenters. The smallest absolute Gasteiger partial charge is 0.342 e. The predicted molar refractivity (Wildman–Crippen MR) is 75.7 cm³/mol. The standard InChI is InChI=1S/C14H10ClFO4S/c1-9(17)10-2-5-12(6-3-10)20-21(18,19)14-7-4-11(15)8-13(14)16/h2-8H,1H3. The summed E-state index contributed by atoms with van der Waals surface area (Å²) in [5, 5.41) is 0.0808. The van der Waals surface area contributed by atoms with Crippen molar-refractivity contribution in [3.8, 4) is 5.75 Å². The first kappa shape index (κ1) is 15.5. The summed E-state index contributed by atoms with van der Waals surface area (Å²) >= 11 is 5.57. The summed E-state index contributed by atoms with van der Waals surface area (Å²) < 4.78 is 42.4. The first-order chi connectivity index (χ1) is 9.79. The van der Waals surface area contributed by atoms with E-state index in [-0.39, 0.29) is 16.6 Å². The molecule has 2 aromatic rings. The van der Waals surface area contributed by atoms with Crippen molar-refractivity contribution in [1.82, 2.24) is 0 Å². The summed E-state index contributed by atoms with van der Waals surface area (Å²) in [5.41, 5.74) is 0.414. The number of hydrogen-bond donors (Lipinski definition) is 0. The van der Waals surface area contributed by atoms with E-state index in [0.717, 1.165) is 12.1 Å². The molecule has 2 rings (SSSR count). The van der Waals surface area contributed by atoms with Crippen molar-refractivity contribution in [3.63, 3.8) is 0 Å². The molecule has 0 saturated carbocycles. The van der Waals surface area contributed by atoms with Crippen molar-refractivity contribution in [3.05, 3.63) is 58.9 Å². The molecule has 0 aliphatic carbocycles. The molecule has 0 N–H and O–H groups in total. The number of hydrogen-bond acceptors (Lipinski definition) is 4. The molecule has 110 valence electrons. The fourth-order valence-corrected chi connectivity index (χ4v) is 2.74. The summed E-state index contributed by atoms with van der Waals surface area (Å²) in [4.78, 5) is 10.5. The first-order valence-corrected chi connectivity index (χ1v) is 7.59. The van der Waals surface area contributed by atoms with Gasteiger partial charge in [-0.25, -0.2) is 4.39 Å². The highest BCUT2D eigenvalue weighted by molar-refractivity contribution is 7.87. The molecule has 4 nitrogen and oxygen atoms in total. The Morgan fingerprint density at radius 3 is 2.29 bits per heavy atom. The van der Waals surface area contributed by atoms with E-state index >= 15 is 0 Å². The van der Waals surface area contributed by atoms with Crippen molar-refractivity contribution in [1.29, 1.82) is 0 Å². The lowest BCUT2D eigenvalue weighted by Gasteiger charge is -2.08. The summed E-state index contributed by atoms with van der Waals surface area (Å²) in [6, 6.07) is 8.65. The Labute approximate surface area is 126 Å². The van der Waals surface area contributed by atoms with Gasteiger partial charge in [0.25, 0.3) is 0 Å². The molecule has 0 bridgehead atoms. The number of ketones is 1. The van der Waals surface area contributed by atoms with Gasteiger partial charge in [0.15, 0.2) is 5.78 Å². The zero-order valence-corrected chi connectivity index (χ0v) is 12.4. The van der Waals surface area contributed by atoms with Crippen LogP contribution in [0.2, 0.25) is 5.02 Å². The Balaban J connectivity index is 2.30. The van der Waals surface area contributed by atoms with Gasteiger partial charge < -0.3 is 4.18 Å². The zero-order valence-electron chi connectivity index (χ0n) is 10.8. The van der Waals surface area contributed by atoms with Gasteiger partial charge in [0, 0.05) is 10.6 Å². The third-order valence-corrected chi connectivity index (χ3v) is 4.15. The molecule has 7 heteroatoms. The Morgan fingerprint density at radius 2 is 1.76 bits per heavy atom. The maximum atomic E-state index is 13.6. The Hall–Kier alpha value is -1.92. The lowest BCUT2D eigenvalue weighted by molar-refractivity contribution is 0.101. The fourth-order valence-electron chi connectivity index (χ4n) is 1.59. The molecule has 21 heavy (non-hydrogen) atoms. The topological polar surface area (TPSA) is 60.4 Å². The first-order valence-electron chi connectivity index (χ1n) is 5.80. The van der Waals surface area contributed by atoms with Gasteiger partial charge in [0.2, 0.25) is 0 Å². The third kappa shape index (κ3) is 3.59. The molecule has 0 radical (unpaired) electrons. The van der Waals surface area contributed by atoms with Crippen LogP contribution in [0.4, 0.5) is 4.39 Å². The molecule has 0 amide bonds. The van der Waals surface area contributed by atoms with Crippen molar-refractivity contribution in [2.45, 2.75) is 11.8 Å². The normalized spacial score (nSPS) is 11.2. The minimum atomic E-state index is -4.31. The molecular formula is C14H10ClFO4S. The summed E-state index contributed by atoms with van der Waals surface area (Å²) in [6.45, 7) is 1.38. The van der Waals surface area contributed by atoms with Crippen LogP contribution in [0.3, 0.4) is 0 Å². The number of benzene rings is 2. The van der Waals surface area contributed by atoms with Gasteiger partial charge >= 0.3 is 10.1 Å². The quantitative estimate of drug-likeness (QED) is 0.637. The van der Waals surface area contributed by atoms with Gasteiger partial charge in [-0.1, -0.05) is 11.6 Å². The molecule has 0 spiro atoms. The fraction of sp³-hybridized carbons (Fsp3) is 0.0714. The van der Waals surface area contributed by atoms with Crippen molar-refractivity contribution in [2.24, 2.45) is 0 Å². The highest BCUT2D eigenvalue weighted by Crippen LogP contribution is 2.23. The van der Waals surface area contributed by atoms with Gasteiger partial charge in [-0.2, -0.15) is 8.42 Å². The second-order valence-corrected chi connectivity index (χ2v) is 6.14. The zero-order chi connectivity index (χ0) is 15.6. The van der Waals surface area contributed by atoms with Crippen molar-refractivity contribution >= 4 is 27.5 Å². The minimum absolute atomic E-state index is 0.0191. The molecule has 0 fully saturated rings. The Kier molecular flexibility index (Phi) is 4.29. The number of carbonyl (C=O) groups is 1. The van der Waals surface area contributed by atoms with E-state index in [9.17, 15) is 17.6 Å². The SMILES string of the molecule is CC(=O)c1ccc(OS(=O)(=O)c2ccc(Cl)cc2F)cc1. The monoisotopic (exact) mass is 328 g/mol. The van der Waals surface area contributed by atoms with Crippen LogP contribution in [0.25, 0.3) is 0 Å². The number of rotatable bonds is 4. The van der Waals surface area contributed by atoms with Crippen LogP contribution in [-0.4, -0.2) is 14.2 Å². The van der Waals surface area contributed by atoms with Gasteiger partial charge in [-0.05, 0) is 49.4 Å². The summed E-state index contributed by atoms with van der Waals surface area (Å²) in [7, 11) is -4.31. The van der Waals surface area contributed by atoms with Crippen LogP contribution >= 0.6 is 11.6 Å². The molecule has 0 aromatic heterocycles. The van der Waals surface area contributed by atoms with Crippen molar-refractivity contribution in [2.75, 3.05) is 0 Å². The van der Waals surface area contributed by atoms with E-state index in [1.165, 1.54) is 37.3 Å². The largest absolute Gasteiger partial charge is 0.379 e. The molecule has 0 saturated heterocycles. The van der Waals surface area contributed by atoms with Crippen LogP contribution in [-0.2, 0) is 10.1 Å². The number of carbonyl (C=O) groups excluding carboxylic acids is 1. The van der Waals surface area contributed by atoms with E-state index in [1.54, 1.807) is 0 Å². The second-order valence-electron chi connectivity index (χ2n) is 4.19. The average Bonchev–Trinajstić information content (AvgIpc) is 2.38. The van der Waals surface area contributed by atoms with Crippen LogP contribution < -0.4 is 4.18 Å². The average molecular weight is 329 g/mol. The third-order valence-electron chi connectivity index (χ3n) is 2.63. The lowest BCUT2D eigenvalue weighted by atomic mass is 10.1. The minimum Gasteiger partial charge on any atom is -0.379 e. The van der Waals surface area contributed by atoms with Gasteiger partial charge in [0.1, 0.15) is 16.5 Å². The number of halogens is 2. The van der Waals surface area contributed by atoms with E-state index in [1.807, 2.05) is 0 Å². The maximum absolute atomic E-state index is 13.6. The second kappa shape index (κ2) is 5.83. The summed E-state index contributed by atoms with van der Waals surface area (Å²) in [6.07, 6.45) is 0. The molecule has 0 aliphatic heterocycles. The molecule has 0 heterocycles. The molecule has 2 aromatic carbocycles. The van der Waals surface area contributed by atoms with E-state index in [2.05, 4.69) is 0 Å². The van der Waals surface area contributed by atoms with Gasteiger partial charge in [0.05, 0.1) is 0 Å². The Morgan fingerprint density at radius 1 is 1.14 bits per heavy atom. The number of Topliss-reactive ketones (excluding diaryl/α,β-unsaturated/α-hetero) is 1. The van der Waals surface area contributed by atoms with Crippen LogP contribution in [0.5, 0.6) is 5.75 Å². The van der Waals surface area contributed by atoms with Gasteiger partial charge in [-0.15, -0.1) is 0 Å². The van der Waals surface area contributed by atoms with E-state index in [4.69, 9.17) is 15.8 Å². The van der Waals surface area contributed by atoms with Crippen molar-refractivity contribution < 1.29 is 21.8 Å². The van der Waals surface area contributed by atoms with Gasteiger partial charge in [-0.3, -0.25) is 4.79 Å². The van der Waals surface area contributed by atoms with Crippen LogP contribution in [0, 0.1) is 5.82 Å². The highest BCUT2D eigenvalue weighted by Gasteiger charge is 2.21. The highest BCUT2D eigenvalue weighted by atomic mass is 35.5. The van der Waals surface area contributed by atoms with E-state index in [0.29, 0.717) is 5.56 Å². The van der Waals surface area contributed by atoms with E-state index < -0.39 is 20.8 Å². The Bertz CT molecular complexity index is 785. The predicted octanol–water partition coefficient (Wildman–Crippen LogP) is 3.45. The molecule has 0 unspecified atom stereocenters. The van der Waals surface area contributed by atoms with Crippen LogP contribution in [0.15, 0.2) is 47.4 Å². The maximum Gasteiger partial charge on any atom is 0.342 e.